The van der Waals surface area contributed by atoms with Crippen molar-refractivity contribution < 1.29 is 14.3 Å². The molecule has 1 aliphatic heterocycles. The van der Waals surface area contributed by atoms with Crippen molar-refractivity contribution in [1.29, 1.82) is 0 Å². The van der Waals surface area contributed by atoms with Gasteiger partial charge in [0.25, 0.3) is 5.91 Å². The van der Waals surface area contributed by atoms with Crippen LogP contribution < -0.4 is 10.1 Å². The zero-order valence-electron chi connectivity index (χ0n) is 18.7. The molecule has 166 valence electrons. The van der Waals surface area contributed by atoms with Crippen LogP contribution in [0.1, 0.15) is 60.5 Å². The Morgan fingerprint density at radius 1 is 1.03 bits per heavy atom. The molecule has 1 heterocycles. The van der Waals surface area contributed by atoms with E-state index < -0.39 is 0 Å². The molecule has 1 fully saturated rings. The summed E-state index contributed by atoms with van der Waals surface area (Å²) in [6, 6.07) is 15.6. The van der Waals surface area contributed by atoms with E-state index in [2.05, 4.69) is 12.2 Å². The largest absolute Gasteiger partial charge is 0.494 e. The molecule has 0 bridgehead atoms. The minimum Gasteiger partial charge on any atom is -0.494 e. The van der Waals surface area contributed by atoms with Crippen LogP contribution in [0.3, 0.4) is 0 Å². The number of aryl methyl sites for hydroxylation is 1. The molecule has 5 heteroatoms. The second-order valence-corrected chi connectivity index (χ2v) is 8.43. The highest BCUT2D eigenvalue weighted by Gasteiger charge is 2.25. The van der Waals surface area contributed by atoms with Crippen molar-refractivity contribution in [2.24, 2.45) is 5.92 Å². The summed E-state index contributed by atoms with van der Waals surface area (Å²) in [5, 5.41) is 3.02. The lowest BCUT2D eigenvalue weighted by Crippen LogP contribution is -2.39. The number of unbranched alkanes of at least 4 members (excludes halogenated alkanes) is 1. The van der Waals surface area contributed by atoms with Crippen LogP contribution in [0, 0.1) is 12.8 Å². The fourth-order valence-electron chi connectivity index (χ4n) is 3.79. The lowest BCUT2D eigenvalue weighted by atomic mass is 9.92. The van der Waals surface area contributed by atoms with Crippen LogP contribution in [0.2, 0.25) is 0 Å². The van der Waals surface area contributed by atoms with E-state index in [1.165, 1.54) is 0 Å². The highest BCUT2D eigenvalue weighted by atomic mass is 16.5. The predicted octanol–water partition coefficient (Wildman–Crippen LogP) is 4.73. The Kier molecular flexibility index (Phi) is 8.51. The van der Waals surface area contributed by atoms with Gasteiger partial charge in [-0.1, -0.05) is 43.2 Å². The van der Waals surface area contributed by atoms with Crippen LogP contribution in [-0.2, 0) is 11.3 Å². The molecule has 2 aromatic carbocycles. The number of hydrogen-bond acceptors (Lipinski definition) is 3. The van der Waals surface area contributed by atoms with Gasteiger partial charge in [-0.05, 0) is 61.9 Å². The lowest BCUT2D eigenvalue weighted by molar-refractivity contribution is -0.122. The smallest absolute Gasteiger partial charge is 0.253 e. The standard InChI is InChI=1S/C26H34N2O3/c1-3-4-17-31-24-11-7-22(8-12-24)19-27-25(29)18-21-13-15-28(16-14-21)26(30)23-9-5-20(2)6-10-23/h5-12,21H,3-4,13-19H2,1-2H3,(H,27,29). The van der Waals surface area contributed by atoms with E-state index in [9.17, 15) is 9.59 Å². The van der Waals surface area contributed by atoms with E-state index in [-0.39, 0.29) is 11.8 Å². The van der Waals surface area contributed by atoms with Gasteiger partial charge in [-0.15, -0.1) is 0 Å². The summed E-state index contributed by atoms with van der Waals surface area (Å²) in [4.78, 5) is 26.9. The van der Waals surface area contributed by atoms with Crippen molar-refractivity contribution in [2.45, 2.75) is 52.5 Å². The van der Waals surface area contributed by atoms with Crippen molar-refractivity contribution in [3.8, 4) is 5.75 Å². The SMILES string of the molecule is CCCCOc1ccc(CNC(=O)CC2CCN(C(=O)c3ccc(C)cc3)CC2)cc1. The minimum atomic E-state index is 0.0755. The molecule has 1 saturated heterocycles. The molecule has 0 aromatic heterocycles. The van der Waals surface area contributed by atoms with Gasteiger partial charge < -0.3 is 15.0 Å². The van der Waals surface area contributed by atoms with Crippen molar-refractivity contribution in [1.82, 2.24) is 10.2 Å². The Bertz CT molecular complexity index is 838. The topological polar surface area (TPSA) is 58.6 Å². The number of rotatable bonds is 9. The molecule has 5 nitrogen and oxygen atoms in total. The van der Waals surface area contributed by atoms with E-state index in [1.807, 2.05) is 60.4 Å². The molecular weight excluding hydrogens is 388 g/mol. The molecular formula is C26H34N2O3. The van der Waals surface area contributed by atoms with Crippen molar-refractivity contribution >= 4 is 11.8 Å². The zero-order valence-corrected chi connectivity index (χ0v) is 18.7. The summed E-state index contributed by atoms with van der Waals surface area (Å²) in [5.41, 5.74) is 2.95. The quantitative estimate of drug-likeness (QED) is 0.594. The number of amides is 2. The molecule has 2 amide bonds. The van der Waals surface area contributed by atoms with Gasteiger partial charge in [0.05, 0.1) is 6.61 Å². The molecule has 2 aromatic rings. The fourth-order valence-corrected chi connectivity index (χ4v) is 3.79. The first-order valence-electron chi connectivity index (χ1n) is 11.4. The first-order valence-corrected chi connectivity index (χ1v) is 11.4. The molecule has 31 heavy (non-hydrogen) atoms. The number of benzene rings is 2. The second-order valence-electron chi connectivity index (χ2n) is 8.43. The van der Waals surface area contributed by atoms with Crippen LogP contribution in [0.25, 0.3) is 0 Å². The number of carbonyl (C=O) groups excluding carboxylic acids is 2. The molecule has 0 aliphatic carbocycles. The Labute approximate surface area is 185 Å². The van der Waals surface area contributed by atoms with E-state index in [4.69, 9.17) is 4.74 Å². The van der Waals surface area contributed by atoms with E-state index in [0.717, 1.165) is 54.7 Å². The molecule has 1 N–H and O–H groups in total. The third kappa shape index (κ3) is 7.12. The first kappa shape index (κ1) is 22.9. The molecule has 1 aliphatic rings. The van der Waals surface area contributed by atoms with E-state index in [1.54, 1.807) is 0 Å². The van der Waals surface area contributed by atoms with Gasteiger partial charge in [0, 0.05) is 31.6 Å². The molecule has 0 saturated carbocycles. The number of nitrogens with zero attached hydrogens (tertiary/aromatic N) is 1. The summed E-state index contributed by atoms with van der Waals surface area (Å²) in [6.45, 7) is 6.85. The third-order valence-electron chi connectivity index (χ3n) is 5.85. The van der Waals surface area contributed by atoms with Gasteiger partial charge in [-0.3, -0.25) is 9.59 Å². The summed E-state index contributed by atoms with van der Waals surface area (Å²) < 4.78 is 5.67. The van der Waals surface area contributed by atoms with Gasteiger partial charge >= 0.3 is 0 Å². The van der Waals surface area contributed by atoms with Crippen LogP contribution in [0.15, 0.2) is 48.5 Å². The number of likely N-dealkylation sites (tertiary alicyclic amines) is 1. The van der Waals surface area contributed by atoms with E-state index >= 15 is 0 Å². The Morgan fingerprint density at radius 3 is 2.35 bits per heavy atom. The summed E-state index contributed by atoms with van der Waals surface area (Å²) in [7, 11) is 0. The van der Waals surface area contributed by atoms with Crippen LogP contribution >= 0.6 is 0 Å². The Hall–Kier alpha value is -2.82. The predicted molar refractivity (Wildman–Crippen MR) is 123 cm³/mol. The van der Waals surface area contributed by atoms with Gasteiger partial charge in [0.15, 0.2) is 0 Å². The number of piperidine rings is 1. The summed E-state index contributed by atoms with van der Waals surface area (Å²) in [6.07, 6.45) is 4.43. The monoisotopic (exact) mass is 422 g/mol. The van der Waals surface area contributed by atoms with Gasteiger partial charge in [0.2, 0.25) is 5.91 Å². The lowest BCUT2D eigenvalue weighted by Gasteiger charge is -2.32. The maximum atomic E-state index is 12.6. The van der Waals surface area contributed by atoms with Gasteiger partial charge in [-0.2, -0.15) is 0 Å². The molecule has 0 unspecified atom stereocenters. The Morgan fingerprint density at radius 2 is 1.71 bits per heavy atom. The molecule has 3 rings (SSSR count). The summed E-state index contributed by atoms with van der Waals surface area (Å²) >= 11 is 0. The number of carbonyl (C=O) groups is 2. The average Bonchev–Trinajstić information content (AvgIpc) is 2.79. The maximum absolute atomic E-state index is 12.6. The van der Waals surface area contributed by atoms with Crippen LogP contribution in [0.5, 0.6) is 5.75 Å². The fraction of sp³-hybridized carbons (Fsp3) is 0.462. The van der Waals surface area contributed by atoms with Crippen LogP contribution in [0.4, 0.5) is 0 Å². The Balaban J connectivity index is 1.37. The first-order chi connectivity index (χ1) is 15.0. The summed E-state index contributed by atoms with van der Waals surface area (Å²) in [5.74, 6) is 1.36. The number of nitrogens with one attached hydrogen (secondary N) is 1. The van der Waals surface area contributed by atoms with Crippen LogP contribution in [-0.4, -0.2) is 36.4 Å². The maximum Gasteiger partial charge on any atom is 0.253 e. The highest BCUT2D eigenvalue weighted by molar-refractivity contribution is 5.94. The van der Waals surface area contributed by atoms with Gasteiger partial charge in [0.1, 0.15) is 5.75 Å². The number of ether oxygens (including phenoxy) is 1. The van der Waals surface area contributed by atoms with E-state index in [0.29, 0.717) is 32.0 Å². The second kappa shape index (κ2) is 11.5. The minimum absolute atomic E-state index is 0.0755. The average molecular weight is 423 g/mol. The van der Waals surface area contributed by atoms with Crippen molar-refractivity contribution in [3.63, 3.8) is 0 Å². The highest BCUT2D eigenvalue weighted by Crippen LogP contribution is 2.22. The van der Waals surface area contributed by atoms with Gasteiger partial charge in [-0.25, -0.2) is 0 Å². The molecule has 0 spiro atoms. The molecule has 0 atom stereocenters. The van der Waals surface area contributed by atoms with Crippen molar-refractivity contribution in [2.75, 3.05) is 19.7 Å². The van der Waals surface area contributed by atoms with Crippen molar-refractivity contribution in [3.05, 3.63) is 65.2 Å². The number of hydrogen-bond donors (Lipinski definition) is 1. The molecule has 0 radical (unpaired) electrons. The zero-order chi connectivity index (χ0) is 22.1. The third-order valence-corrected chi connectivity index (χ3v) is 5.85. The normalized spacial score (nSPS) is 14.3.